The van der Waals surface area contributed by atoms with Crippen molar-refractivity contribution in [2.45, 2.75) is 41.0 Å². The molecule has 0 saturated heterocycles. The van der Waals surface area contributed by atoms with Gasteiger partial charge < -0.3 is 0 Å². The van der Waals surface area contributed by atoms with Crippen molar-refractivity contribution in [3.05, 3.63) is 28.2 Å². The zero-order valence-corrected chi connectivity index (χ0v) is 13.7. The van der Waals surface area contributed by atoms with E-state index in [1.807, 2.05) is 0 Å². The molecule has 0 amide bonds. The summed E-state index contributed by atoms with van der Waals surface area (Å²) in [5.41, 5.74) is 5.98. The Morgan fingerprint density at radius 2 is 1.07 bits per heavy atom. The Bertz CT molecular complexity index is 253. The fourth-order valence-electron chi connectivity index (χ4n) is 1.83. The Kier molecular flexibility index (Phi) is 7.93. The van der Waals surface area contributed by atoms with Gasteiger partial charge in [-0.3, -0.25) is 0 Å². The first-order valence-electron chi connectivity index (χ1n) is 4.88. The number of hydrogen-bond donors (Lipinski definition) is 0. The summed E-state index contributed by atoms with van der Waals surface area (Å²) in [4.78, 5) is 0. The topological polar surface area (TPSA) is 0 Å². The molecular formula is C11H17Cl3Ti. The molecule has 0 fully saturated rings. The van der Waals surface area contributed by atoms with E-state index in [-0.39, 0.29) is 0 Å². The van der Waals surface area contributed by atoms with Crippen LogP contribution < -0.4 is 0 Å². The predicted molar refractivity (Wildman–Crippen MR) is 67.8 cm³/mol. The Morgan fingerprint density at radius 1 is 0.800 bits per heavy atom. The maximum absolute atomic E-state index is 4.97. The summed E-state index contributed by atoms with van der Waals surface area (Å²) in [5, 5.41) is 0. The predicted octanol–water partition coefficient (Wildman–Crippen LogP) is 5.72. The van der Waals surface area contributed by atoms with E-state index in [9.17, 15) is 0 Å². The number of halogens is 3. The van der Waals surface area contributed by atoms with Gasteiger partial charge in [-0.2, -0.15) is 0 Å². The molecule has 0 nitrogen and oxygen atoms in total. The zero-order chi connectivity index (χ0) is 12.2. The molecule has 0 saturated carbocycles. The van der Waals surface area contributed by atoms with Crippen molar-refractivity contribution in [1.29, 1.82) is 0 Å². The number of allylic oxidation sites excluding steroid dienone is 4. The Morgan fingerprint density at radius 3 is 1.20 bits per heavy atom. The van der Waals surface area contributed by atoms with E-state index < -0.39 is 14.7 Å². The van der Waals surface area contributed by atoms with Crippen LogP contribution in [0.4, 0.5) is 0 Å². The van der Waals surface area contributed by atoms with Crippen LogP contribution in [0.15, 0.2) is 22.3 Å². The van der Waals surface area contributed by atoms with Crippen molar-refractivity contribution in [3.63, 3.8) is 0 Å². The summed E-state index contributed by atoms with van der Waals surface area (Å²) in [6.07, 6.45) is 1.17. The first kappa shape index (κ1) is 16.1. The third kappa shape index (κ3) is 4.83. The molecule has 15 heavy (non-hydrogen) atoms. The first-order valence-corrected chi connectivity index (χ1v) is 11.3. The minimum atomic E-state index is -1.92. The van der Waals surface area contributed by atoms with Gasteiger partial charge in [0.25, 0.3) is 0 Å². The van der Waals surface area contributed by atoms with Gasteiger partial charge in [0.2, 0.25) is 0 Å². The third-order valence-corrected chi connectivity index (χ3v) is 2.95. The van der Waals surface area contributed by atoms with Crippen LogP contribution in [-0.2, 0) is 14.7 Å². The summed E-state index contributed by atoms with van der Waals surface area (Å²) < 4.78 is 0. The SMILES string of the molecule is CC[C]1C(C)=C(C)C(C)=C1C.[Cl][Ti]([Cl])[Cl]. The zero-order valence-electron chi connectivity index (χ0n) is 9.84. The summed E-state index contributed by atoms with van der Waals surface area (Å²) in [7, 11) is 14.9. The Labute approximate surface area is 111 Å². The van der Waals surface area contributed by atoms with E-state index in [1.54, 1.807) is 5.92 Å². The van der Waals surface area contributed by atoms with Crippen LogP contribution >= 0.6 is 27.9 Å². The van der Waals surface area contributed by atoms with E-state index in [4.69, 9.17) is 27.9 Å². The molecule has 0 bridgehead atoms. The van der Waals surface area contributed by atoms with Gasteiger partial charge in [-0.15, -0.1) is 0 Å². The normalized spacial score (nSPS) is 16.8. The molecule has 4 heteroatoms. The quantitative estimate of drug-likeness (QED) is 0.543. The molecule has 0 aromatic heterocycles. The van der Waals surface area contributed by atoms with E-state index >= 15 is 0 Å². The molecule has 1 aliphatic carbocycles. The van der Waals surface area contributed by atoms with Crippen LogP contribution in [0.2, 0.25) is 0 Å². The summed E-state index contributed by atoms with van der Waals surface area (Å²) in [6.45, 7) is 11.1. The van der Waals surface area contributed by atoms with E-state index in [0.29, 0.717) is 0 Å². The van der Waals surface area contributed by atoms with Gasteiger partial charge in [0.15, 0.2) is 0 Å². The van der Waals surface area contributed by atoms with Crippen molar-refractivity contribution in [2.24, 2.45) is 0 Å². The summed E-state index contributed by atoms with van der Waals surface area (Å²) in [6, 6.07) is 0. The molecule has 0 aromatic rings. The third-order valence-electron chi connectivity index (χ3n) is 2.95. The fraction of sp³-hybridized carbons (Fsp3) is 0.545. The molecule has 0 unspecified atom stereocenters. The van der Waals surface area contributed by atoms with E-state index in [1.165, 1.54) is 28.7 Å². The summed E-state index contributed by atoms with van der Waals surface area (Å²) >= 11 is -1.92. The van der Waals surface area contributed by atoms with Crippen molar-refractivity contribution in [3.8, 4) is 0 Å². The maximum atomic E-state index is 4.97. The van der Waals surface area contributed by atoms with Crippen LogP contribution in [0.1, 0.15) is 41.0 Å². The van der Waals surface area contributed by atoms with Crippen LogP contribution in [0.25, 0.3) is 0 Å². The second-order valence-corrected chi connectivity index (χ2v) is 11.3. The fourth-order valence-corrected chi connectivity index (χ4v) is 1.83. The van der Waals surface area contributed by atoms with Gasteiger partial charge in [-0.1, -0.05) is 18.1 Å². The molecule has 1 rings (SSSR count). The second-order valence-electron chi connectivity index (χ2n) is 3.55. The van der Waals surface area contributed by atoms with Crippen LogP contribution in [-0.4, -0.2) is 0 Å². The molecule has 1 aliphatic rings. The Hall–Kier alpha value is 1.06. The van der Waals surface area contributed by atoms with Crippen molar-refractivity contribution >= 4 is 27.9 Å². The molecule has 0 N–H and O–H groups in total. The molecule has 0 aliphatic heterocycles. The molecule has 86 valence electrons. The average molecular weight is 303 g/mol. The van der Waals surface area contributed by atoms with Crippen LogP contribution in [0, 0.1) is 5.92 Å². The van der Waals surface area contributed by atoms with Crippen molar-refractivity contribution in [2.75, 3.05) is 0 Å². The molecular weight excluding hydrogens is 286 g/mol. The molecule has 0 aromatic carbocycles. The van der Waals surface area contributed by atoms with Crippen LogP contribution in [0.3, 0.4) is 0 Å². The summed E-state index contributed by atoms with van der Waals surface area (Å²) in [5.74, 6) is 1.56. The minimum absolute atomic E-state index is 1.17. The van der Waals surface area contributed by atoms with E-state index in [2.05, 4.69) is 34.6 Å². The van der Waals surface area contributed by atoms with Gasteiger partial charge in [0.05, 0.1) is 0 Å². The second kappa shape index (κ2) is 7.40. The molecule has 0 spiro atoms. The van der Waals surface area contributed by atoms with Gasteiger partial charge >= 0.3 is 42.6 Å². The molecule has 0 atom stereocenters. The van der Waals surface area contributed by atoms with Crippen molar-refractivity contribution < 1.29 is 14.7 Å². The van der Waals surface area contributed by atoms with E-state index in [0.717, 1.165) is 0 Å². The van der Waals surface area contributed by atoms with Crippen LogP contribution in [0.5, 0.6) is 0 Å². The number of rotatable bonds is 1. The average Bonchev–Trinajstić information content (AvgIpc) is 2.30. The molecule has 1 radical (unpaired) electrons. The van der Waals surface area contributed by atoms with Crippen molar-refractivity contribution in [1.82, 2.24) is 0 Å². The monoisotopic (exact) mass is 302 g/mol. The van der Waals surface area contributed by atoms with Gasteiger partial charge in [-0.05, 0) is 45.3 Å². The first-order chi connectivity index (χ1) is 6.82. The molecule has 0 heterocycles. The number of hydrogen-bond acceptors (Lipinski definition) is 0. The standard InChI is InChI=1S/C11H17.3ClH.Ti/c1-6-11-9(4)7(2)8(3)10(11)5;;;;/h6H2,1-5H3;3*1H;/q;;;;+3/p-3. The van der Waals surface area contributed by atoms with Gasteiger partial charge in [0, 0.05) is 5.92 Å². The van der Waals surface area contributed by atoms with Gasteiger partial charge in [0.1, 0.15) is 0 Å². The Balaban J connectivity index is 0.000000423. The van der Waals surface area contributed by atoms with Gasteiger partial charge in [-0.25, -0.2) is 0 Å².